The number of nitriles is 1. The Hall–Kier alpha value is -3.72. The molecule has 0 aliphatic carbocycles. The van der Waals surface area contributed by atoms with Crippen LogP contribution < -0.4 is 10.2 Å². The first-order chi connectivity index (χ1) is 13.2. The second-order valence-corrected chi connectivity index (χ2v) is 6.27. The molecule has 0 spiro atoms. The van der Waals surface area contributed by atoms with Gasteiger partial charge in [-0.2, -0.15) is 5.26 Å². The molecule has 1 N–H and O–H groups in total. The number of hydrogen-bond acceptors (Lipinski definition) is 5. The van der Waals surface area contributed by atoms with E-state index in [1.165, 1.54) is 5.56 Å². The van der Waals surface area contributed by atoms with Crippen molar-refractivity contribution in [1.82, 2.24) is 9.97 Å². The number of aromatic nitrogens is 2. The summed E-state index contributed by atoms with van der Waals surface area (Å²) in [6, 6.07) is 18.7. The molecule has 1 aliphatic rings. The highest BCUT2D eigenvalue weighted by Crippen LogP contribution is 2.28. The Kier molecular flexibility index (Phi) is 4.50. The standard InChI is InChI=1S/C21H17N5O/c22-14-15-7-9-17(10-8-15)24-21-23-12-11-18(25-21)20(27)26-13-3-5-16-4-1-2-6-19(16)26/h1-2,4,6-12H,3,5,13H2,(H,23,24,25). The first-order valence-electron chi connectivity index (χ1n) is 8.74. The molecule has 0 saturated heterocycles. The second kappa shape index (κ2) is 7.26. The molecule has 0 bridgehead atoms. The van der Waals surface area contributed by atoms with Crippen LogP contribution in [0.3, 0.4) is 0 Å². The Morgan fingerprint density at radius 2 is 1.93 bits per heavy atom. The van der Waals surface area contributed by atoms with Gasteiger partial charge >= 0.3 is 0 Å². The first kappa shape index (κ1) is 16.7. The van der Waals surface area contributed by atoms with E-state index in [0.29, 0.717) is 23.8 Å². The van der Waals surface area contributed by atoms with Crippen LogP contribution in [0, 0.1) is 11.3 Å². The number of fused-ring (bicyclic) bond motifs is 1. The zero-order valence-electron chi connectivity index (χ0n) is 14.6. The number of para-hydroxylation sites is 1. The predicted molar refractivity (Wildman–Crippen MR) is 103 cm³/mol. The topological polar surface area (TPSA) is 81.9 Å². The maximum Gasteiger partial charge on any atom is 0.277 e. The van der Waals surface area contributed by atoms with Gasteiger partial charge in [-0.3, -0.25) is 4.79 Å². The van der Waals surface area contributed by atoms with E-state index in [4.69, 9.17) is 5.26 Å². The lowest BCUT2D eigenvalue weighted by atomic mass is 10.0. The van der Waals surface area contributed by atoms with Crippen LogP contribution >= 0.6 is 0 Å². The highest BCUT2D eigenvalue weighted by Gasteiger charge is 2.24. The molecule has 27 heavy (non-hydrogen) atoms. The third kappa shape index (κ3) is 3.48. The average Bonchev–Trinajstić information content (AvgIpc) is 2.73. The van der Waals surface area contributed by atoms with Crippen LogP contribution in [-0.4, -0.2) is 22.4 Å². The quantitative estimate of drug-likeness (QED) is 0.775. The highest BCUT2D eigenvalue weighted by molar-refractivity contribution is 6.05. The molecule has 1 aromatic heterocycles. The maximum absolute atomic E-state index is 13.0. The number of rotatable bonds is 3. The van der Waals surface area contributed by atoms with Crippen molar-refractivity contribution in [1.29, 1.82) is 5.26 Å². The van der Waals surface area contributed by atoms with Gasteiger partial charge in [-0.25, -0.2) is 9.97 Å². The molecule has 1 amide bonds. The van der Waals surface area contributed by atoms with Crippen molar-refractivity contribution in [3.05, 3.63) is 77.6 Å². The molecule has 0 saturated carbocycles. The monoisotopic (exact) mass is 355 g/mol. The van der Waals surface area contributed by atoms with E-state index < -0.39 is 0 Å². The van der Waals surface area contributed by atoms with Gasteiger partial charge in [0.2, 0.25) is 5.95 Å². The third-order valence-corrected chi connectivity index (χ3v) is 4.50. The average molecular weight is 355 g/mol. The number of nitrogens with zero attached hydrogens (tertiary/aromatic N) is 4. The third-order valence-electron chi connectivity index (χ3n) is 4.50. The van der Waals surface area contributed by atoms with Crippen LogP contribution in [-0.2, 0) is 6.42 Å². The number of benzene rings is 2. The summed E-state index contributed by atoms with van der Waals surface area (Å²) in [5.41, 5.74) is 3.81. The maximum atomic E-state index is 13.0. The van der Waals surface area contributed by atoms with E-state index in [0.717, 1.165) is 24.2 Å². The van der Waals surface area contributed by atoms with Gasteiger partial charge in [0.05, 0.1) is 11.6 Å². The van der Waals surface area contributed by atoms with Crippen molar-refractivity contribution in [3.63, 3.8) is 0 Å². The summed E-state index contributed by atoms with van der Waals surface area (Å²) in [6.07, 6.45) is 3.49. The fraction of sp³-hybridized carbons (Fsp3) is 0.143. The first-order valence-corrected chi connectivity index (χ1v) is 8.74. The number of nitrogens with one attached hydrogen (secondary N) is 1. The Bertz CT molecular complexity index is 1020. The van der Waals surface area contributed by atoms with Gasteiger partial charge in [0, 0.05) is 24.1 Å². The zero-order valence-corrected chi connectivity index (χ0v) is 14.6. The van der Waals surface area contributed by atoms with E-state index in [1.54, 1.807) is 41.4 Å². The zero-order chi connectivity index (χ0) is 18.6. The summed E-state index contributed by atoms with van der Waals surface area (Å²) in [6.45, 7) is 0.679. The number of carbonyl (C=O) groups excluding carboxylic acids is 1. The Morgan fingerprint density at radius 1 is 1.11 bits per heavy atom. The van der Waals surface area contributed by atoms with E-state index >= 15 is 0 Å². The van der Waals surface area contributed by atoms with Crippen LogP contribution in [0.5, 0.6) is 0 Å². The molecular weight excluding hydrogens is 338 g/mol. The summed E-state index contributed by atoms with van der Waals surface area (Å²) in [5, 5.41) is 11.9. The minimum absolute atomic E-state index is 0.132. The van der Waals surface area contributed by atoms with Crippen LogP contribution in [0.2, 0.25) is 0 Å². The fourth-order valence-electron chi connectivity index (χ4n) is 3.18. The Labute approximate surface area is 157 Å². The number of carbonyl (C=O) groups is 1. The van der Waals surface area contributed by atoms with Gasteiger partial charge in [-0.1, -0.05) is 18.2 Å². The summed E-state index contributed by atoms with van der Waals surface area (Å²) >= 11 is 0. The highest BCUT2D eigenvalue weighted by atomic mass is 16.2. The number of hydrogen-bond donors (Lipinski definition) is 1. The summed E-state index contributed by atoms with van der Waals surface area (Å²) in [4.78, 5) is 23.4. The Balaban J connectivity index is 1.57. The summed E-state index contributed by atoms with van der Waals surface area (Å²) in [5.74, 6) is 0.211. The van der Waals surface area contributed by atoms with Gasteiger partial charge in [0.25, 0.3) is 5.91 Å². The molecular formula is C21H17N5O. The molecule has 0 unspecified atom stereocenters. The Morgan fingerprint density at radius 3 is 2.74 bits per heavy atom. The largest absolute Gasteiger partial charge is 0.324 e. The van der Waals surface area contributed by atoms with Crippen LogP contribution in [0.25, 0.3) is 0 Å². The fourth-order valence-corrected chi connectivity index (χ4v) is 3.18. The van der Waals surface area contributed by atoms with Crippen molar-refractivity contribution in [3.8, 4) is 6.07 Å². The number of anilines is 3. The lowest BCUT2D eigenvalue weighted by molar-refractivity contribution is 0.0980. The van der Waals surface area contributed by atoms with E-state index in [1.807, 2.05) is 18.2 Å². The molecule has 2 aromatic carbocycles. The molecule has 0 fully saturated rings. The minimum Gasteiger partial charge on any atom is -0.324 e. The molecule has 6 nitrogen and oxygen atoms in total. The van der Waals surface area contributed by atoms with Gasteiger partial charge in [0.15, 0.2) is 0 Å². The van der Waals surface area contributed by atoms with Crippen molar-refractivity contribution >= 4 is 23.2 Å². The summed E-state index contributed by atoms with van der Waals surface area (Å²) < 4.78 is 0. The molecule has 3 aromatic rings. The van der Waals surface area contributed by atoms with Gasteiger partial charge < -0.3 is 10.2 Å². The van der Waals surface area contributed by atoms with Gasteiger partial charge in [0.1, 0.15) is 5.69 Å². The lowest BCUT2D eigenvalue weighted by Crippen LogP contribution is -2.36. The lowest BCUT2D eigenvalue weighted by Gasteiger charge is -2.29. The molecule has 2 heterocycles. The molecule has 6 heteroatoms. The summed E-state index contributed by atoms with van der Waals surface area (Å²) in [7, 11) is 0. The number of amides is 1. The van der Waals surface area contributed by atoms with E-state index in [9.17, 15) is 4.79 Å². The van der Waals surface area contributed by atoms with E-state index in [-0.39, 0.29) is 5.91 Å². The number of aryl methyl sites for hydroxylation is 1. The van der Waals surface area contributed by atoms with Crippen LogP contribution in [0.4, 0.5) is 17.3 Å². The molecule has 4 rings (SSSR count). The van der Waals surface area contributed by atoms with E-state index in [2.05, 4.69) is 27.4 Å². The van der Waals surface area contributed by atoms with Gasteiger partial charge in [-0.05, 0) is 54.8 Å². The smallest absolute Gasteiger partial charge is 0.277 e. The SMILES string of the molecule is N#Cc1ccc(Nc2nccc(C(=O)N3CCCc4ccccc43)n2)cc1. The van der Waals surface area contributed by atoms with Crippen molar-refractivity contribution in [2.24, 2.45) is 0 Å². The van der Waals surface area contributed by atoms with Crippen molar-refractivity contribution in [2.75, 3.05) is 16.8 Å². The molecule has 1 aliphatic heterocycles. The minimum atomic E-state index is -0.132. The normalized spacial score (nSPS) is 12.8. The van der Waals surface area contributed by atoms with Crippen molar-refractivity contribution in [2.45, 2.75) is 12.8 Å². The van der Waals surface area contributed by atoms with Crippen LogP contribution in [0.15, 0.2) is 60.8 Å². The molecule has 0 radical (unpaired) electrons. The molecule has 132 valence electrons. The van der Waals surface area contributed by atoms with Crippen LogP contribution in [0.1, 0.15) is 28.0 Å². The van der Waals surface area contributed by atoms with Gasteiger partial charge in [-0.15, -0.1) is 0 Å². The predicted octanol–water partition coefficient (Wildman–Crippen LogP) is 3.68. The molecule has 0 atom stereocenters. The van der Waals surface area contributed by atoms with Crippen molar-refractivity contribution < 1.29 is 4.79 Å². The second-order valence-electron chi connectivity index (χ2n) is 6.27.